The normalized spacial score (nSPS) is 12.4. The van der Waals surface area contributed by atoms with Crippen LogP contribution in [0.25, 0.3) is 0 Å². The molecule has 1 atom stereocenters. The second-order valence-corrected chi connectivity index (χ2v) is 4.70. The van der Waals surface area contributed by atoms with Gasteiger partial charge in [0.15, 0.2) is 11.6 Å². The summed E-state index contributed by atoms with van der Waals surface area (Å²) >= 11 is 0. The van der Waals surface area contributed by atoms with Gasteiger partial charge in [0, 0.05) is 24.4 Å². The number of hydrogen-bond donors (Lipinski definition) is 1. The molecule has 0 bridgehead atoms. The second kappa shape index (κ2) is 6.05. The zero-order valence-electron chi connectivity index (χ0n) is 12.3. The molecule has 1 unspecified atom stereocenters. The largest absolute Gasteiger partial charge is 0.494 e. The molecule has 1 heterocycles. The zero-order valence-corrected chi connectivity index (χ0v) is 12.3. The predicted molar refractivity (Wildman–Crippen MR) is 76.4 cm³/mol. The molecule has 4 nitrogen and oxygen atoms in total. The van der Waals surface area contributed by atoms with Crippen LogP contribution < -0.4 is 10.1 Å². The molecule has 1 aromatic carbocycles. The Kier molecular flexibility index (Phi) is 4.39. The monoisotopic (exact) mass is 277 g/mol. The van der Waals surface area contributed by atoms with Crippen molar-refractivity contribution in [2.45, 2.75) is 19.9 Å². The molecule has 1 N–H and O–H groups in total. The number of benzene rings is 1. The first-order valence-electron chi connectivity index (χ1n) is 6.64. The molecular formula is C15H20FN3O. The first-order valence-corrected chi connectivity index (χ1v) is 6.64. The van der Waals surface area contributed by atoms with Crippen LogP contribution in [0.1, 0.15) is 29.8 Å². The minimum absolute atomic E-state index is 0.233. The first-order chi connectivity index (χ1) is 9.58. The molecule has 0 amide bonds. The number of nitrogens with zero attached hydrogens (tertiary/aromatic N) is 2. The number of ether oxygens (including phenoxy) is 1. The van der Waals surface area contributed by atoms with E-state index in [0.717, 1.165) is 17.8 Å². The van der Waals surface area contributed by atoms with Gasteiger partial charge >= 0.3 is 0 Å². The van der Waals surface area contributed by atoms with Gasteiger partial charge in [0.25, 0.3) is 0 Å². The summed E-state index contributed by atoms with van der Waals surface area (Å²) in [6.45, 7) is 4.66. The van der Waals surface area contributed by atoms with E-state index in [0.29, 0.717) is 5.56 Å². The maximum atomic E-state index is 14.5. The lowest BCUT2D eigenvalue weighted by atomic mass is 9.98. The number of rotatable bonds is 5. The fourth-order valence-corrected chi connectivity index (χ4v) is 2.40. The number of halogens is 1. The fourth-order valence-electron chi connectivity index (χ4n) is 2.40. The topological polar surface area (TPSA) is 39.1 Å². The minimum Gasteiger partial charge on any atom is -0.494 e. The van der Waals surface area contributed by atoms with E-state index < -0.39 is 0 Å². The van der Waals surface area contributed by atoms with Gasteiger partial charge in [-0.25, -0.2) is 4.39 Å². The Morgan fingerprint density at radius 3 is 2.70 bits per heavy atom. The molecular weight excluding hydrogens is 257 g/mol. The molecule has 0 saturated carbocycles. The summed E-state index contributed by atoms with van der Waals surface area (Å²) in [5.74, 6) is -0.0730. The fraction of sp³-hybridized carbons (Fsp3) is 0.400. The van der Waals surface area contributed by atoms with Crippen molar-refractivity contribution >= 4 is 0 Å². The van der Waals surface area contributed by atoms with Gasteiger partial charge in [0.2, 0.25) is 0 Å². The Bertz CT molecular complexity index is 595. The molecule has 2 aromatic rings. The Morgan fingerprint density at radius 2 is 2.15 bits per heavy atom. The number of aryl methyl sites for hydroxylation is 2. The summed E-state index contributed by atoms with van der Waals surface area (Å²) in [6.07, 6.45) is 1.92. The van der Waals surface area contributed by atoms with Gasteiger partial charge in [-0.1, -0.05) is 19.1 Å². The highest BCUT2D eigenvalue weighted by molar-refractivity contribution is 5.39. The number of nitrogens with one attached hydrogen (secondary N) is 1. The third kappa shape index (κ3) is 2.67. The molecule has 0 spiro atoms. The van der Waals surface area contributed by atoms with Crippen molar-refractivity contribution in [3.05, 3.63) is 47.0 Å². The van der Waals surface area contributed by atoms with E-state index >= 15 is 0 Å². The molecule has 108 valence electrons. The lowest BCUT2D eigenvalue weighted by Crippen LogP contribution is -2.23. The van der Waals surface area contributed by atoms with Crippen molar-refractivity contribution in [2.75, 3.05) is 13.7 Å². The van der Waals surface area contributed by atoms with E-state index in [1.807, 2.05) is 27.1 Å². The highest BCUT2D eigenvalue weighted by Crippen LogP contribution is 2.30. The summed E-state index contributed by atoms with van der Waals surface area (Å²) in [5, 5.41) is 7.65. The molecule has 1 aromatic heterocycles. The molecule has 2 rings (SSSR count). The molecule has 20 heavy (non-hydrogen) atoms. The minimum atomic E-state index is -0.329. The smallest absolute Gasteiger partial charge is 0.170 e. The van der Waals surface area contributed by atoms with Gasteiger partial charge in [-0.3, -0.25) is 4.68 Å². The number of hydrogen-bond acceptors (Lipinski definition) is 3. The SMILES string of the molecule is CCNC(c1cn(C)nc1C)c1cccc(OC)c1F. The summed E-state index contributed by atoms with van der Waals surface area (Å²) in [5.41, 5.74) is 2.43. The van der Waals surface area contributed by atoms with Crippen molar-refractivity contribution < 1.29 is 9.13 Å². The third-order valence-electron chi connectivity index (χ3n) is 3.29. The van der Waals surface area contributed by atoms with Gasteiger partial charge in [-0.05, 0) is 19.5 Å². The maximum absolute atomic E-state index is 14.5. The molecule has 0 fully saturated rings. The highest BCUT2D eigenvalue weighted by atomic mass is 19.1. The van der Waals surface area contributed by atoms with E-state index in [4.69, 9.17) is 4.74 Å². The average molecular weight is 277 g/mol. The maximum Gasteiger partial charge on any atom is 0.170 e. The predicted octanol–water partition coefficient (Wildman–Crippen LogP) is 2.58. The van der Waals surface area contributed by atoms with E-state index in [1.54, 1.807) is 22.9 Å². The molecule has 0 radical (unpaired) electrons. The van der Waals surface area contributed by atoms with Crippen LogP contribution in [0.2, 0.25) is 0 Å². The standard InChI is InChI=1S/C15H20FN3O/c1-5-17-15(12-9-19(3)18-10(12)2)11-7-6-8-13(20-4)14(11)16/h6-9,15,17H,5H2,1-4H3. The molecule has 0 saturated heterocycles. The van der Waals surface area contributed by atoms with Crippen molar-refractivity contribution in [1.82, 2.24) is 15.1 Å². The molecule has 0 aliphatic carbocycles. The Hall–Kier alpha value is -1.88. The van der Waals surface area contributed by atoms with Gasteiger partial charge < -0.3 is 10.1 Å². The zero-order chi connectivity index (χ0) is 14.7. The summed E-state index contributed by atoms with van der Waals surface area (Å²) < 4.78 is 21.3. The Morgan fingerprint density at radius 1 is 1.40 bits per heavy atom. The summed E-state index contributed by atoms with van der Waals surface area (Å²) in [7, 11) is 3.33. The van der Waals surface area contributed by atoms with E-state index in [9.17, 15) is 4.39 Å². The first kappa shape index (κ1) is 14.5. The Labute approximate surface area is 118 Å². The molecule has 0 aliphatic heterocycles. The molecule has 0 aliphatic rings. The average Bonchev–Trinajstić information content (AvgIpc) is 2.75. The highest BCUT2D eigenvalue weighted by Gasteiger charge is 2.22. The van der Waals surface area contributed by atoms with Gasteiger partial charge in [-0.2, -0.15) is 5.10 Å². The van der Waals surface area contributed by atoms with Gasteiger partial charge in [-0.15, -0.1) is 0 Å². The van der Waals surface area contributed by atoms with Gasteiger partial charge in [0.05, 0.1) is 18.8 Å². The number of methoxy groups -OCH3 is 1. The van der Waals surface area contributed by atoms with Gasteiger partial charge in [0.1, 0.15) is 0 Å². The van der Waals surface area contributed by atoms with E-state index in [-0.39, 0.29) is 17.6 Å². The van der Waals surface area contributed by atoms with Crippen molar-refractivity contribution in [1.29, 1.82) is 0 Å². The van der Waals surface area contributed by atoms with Crippen molar-refractivity contribution in [3.63, 3.8) is 0 Å². The van der Waals surface area contributed by atoms with E-state index in [1.165, 1.54) is 7.11 Å². The van der Waals surface area contributed by atoms with Crippen LogP contribution in [0.4, 0.5) is 4.39 Å². The van der Waals surface area contributed by atoms with Crippen LogP contribution in [0.3, 0.4) is 0 Å². The lowest BCUT2D eigenvalue weighted by Gasteiger charge is -2.19. The third-order valence-corrected chi connectivity index (χ3v) is 3.29. The quantitative estimate of drug-likeness (QED) is 0.913. The summed E-state index contributed by atoms with van der Waals surface area (Å²) in [4.78, 5) is 0. The van der Waals surface area contributed by atoms with Crippen LogP contribution in [0, 0.1) is 12.7 Å². The van der Waals surface area contributed by atoms with Crippen LogP contribution in [0.5, 0.6) is 5.75 Å². The molecule has 5 heteroatoms. The summed E-state index contributed by atoms with van der Waals surface area (Å²) in [6, 6.07) is 4.96. The lowest BCUT2D eigenvalue weighted by molar-refractivity contribution is 0.381. The van der Waals surface area contributed by atoms with E-state index in [2.05, 4.69) is 10.4 Å². The Balaban J connectivity index is 2.51. The number of aromatic nitrogens is 2. The second-order valence-electron chi connectivity index (χ2n) is 4.70. The van der Waals surface area contributed by atoms with Crippen LogP contribution in [0.15, 0.2) is 24.4 Å². The van der Waals surface area contributed by atoms with Crippen LogP contribution >= 0.6 is 0 Å². The van der Waals surface area contributed by atoms with Crippen molar-refractivity contribution in [3.8, 4) is 5.75 Å². The van der Waals surface area contributed by atoms with Crippen molar-refractivity contribution in [2.24, 2.45) is 7.05 Å². The van der Waals surface area contributed by atoms with Crippen LogP contribution in [-0.2, 0) is 7.05 Å². The van der Waals surface area contributed by atoms with Crippen LogP contribution in [-0.4, -0.2) is 23.4 Å².